The Labute approximate surface area is 79.7 Å². The van der Waals surface area contributed by atoms with Gasteiger partial charge >= 0.3 is 0 Å². The Morgan fingerprint density at radius 2 is 1.85 bits per heavy atom. The first kappa shape index (κ1) is 8.76. The van der Waals surface area contributed by atoms with Crippen LogP contribution in [0.25, 0.3) is 0 Å². The fraction of sp³-hybridized carbons (Fsp3) is 0.500. The molecule has 0 N–H and O–H groups in total. The second kappa shape index (κ2) is 3.51. The van der Waals surface area contributed by atoms with Crippen LogP contribution < -0.4 is 0 Å². The van der Waals surface area contributed by atoms with E-state index >= 15 is 0 Å². The molecule has 0 fully saturated rings. The van der Waals surface area contributed by atoms with Crippen molar-refractivity contribution in [2.75, 3.05) is 7.11 Å². The Morgan fingerprint density at radius 3 is 2.54 bits per heavy atom. The molecular formula is C12H16O. The maximum atomic E-state index is 5.47. The highest BCUT2D eigenvalue weighted by Gasteiger charge is 2.23. The van der Waals surface area contributed by atoms with Crippen molar-refractivity contribution in [3.8, 4) is 0 Å². The number of methoxy groups -OCH3 is 1. The molecule has 0 spiro atoms. The van der Waals surface area contributed by atoms with E-state index in [4.69, 9.17) is 4.74 Å². The predicted octanol–water partition coefficient (Wildman–Crippen LogP) is 3.27. The van der Waals surface area contributed by atoms with E-state index in [9.17, 15) is 0 Å². The third-order valence-electron chi connectivity index (χ3n) is 3.02. The SMILES string of the molecule is CO[C@@H]1CC[C@@H](C)c2ccccc21. The van der Waals surface area contributed by atoms with Gasteiger partial charge in [-0.3, -0.25) is 0 Å². The minimum atomic E-state index is 0.326. The molecule has 1 aliphatic rings. The lowest BCUT2D eigenvalue weighted by molar-refractivity contribution is 0.0850. The summed E-state index contributed by atoms with van der Waals surface area (Å²) in [5.41, 5.74) is 2.87. The van der Waals surface area contributed by atoms with Gasteiger partial charge in [-0.05, 0) is 29.9 Å². The number of benzene rings is 1. The summed E-state index contributed by atoms with van der Waals surface area (Å²) in [7, 11) is 1.80. The molecule has 1 heteroatoms. The largest absolute Gasteiger partial charge is 0.377 e. The maximum absolute atomic E-state index is 5.47. The lowest BCUT2D eigenvalue weighted by Gasteiger charge is -2.28. The molecule has 13 heavy (non-hydrogen) atoms. The first-order chi connectivity index (χ1) is 6.33. The van der Waals surface area contributed by atoms with E-state index in [1.54, 1.807) is 7.11 Å². The highest BCUT2D eigenvalue weighted by molar-refractivity contribution is 5.33. The van der Waals surface area contributed by atoms with Crippen LogP contribution in [0.5, 0.6) is 0 Å². The van der Waals surface area contributed by atoms with Gasteiger partial charge in [0.25, 0.3) is 0 Å². The third kappa shape index (κ3) is 1.49. The van der Waals surface area contributed by atoms with Crippen LogP contribution in [-0.4, -0.2) is 7.11 Å². The molecule has 0 saturated heterocycles. The van der Waals surface area contributed by atoms with Gasteiger partial charge in [-0.1, -0.05) is 31.2 Å². The van der Waals surface area contributed by atoms with Gasteiger partial charge in [-0.2, -0.15) is 0 Å². The molecule has 0 unspecified atom stereocenters. The molecule has 0 amide bonds. The number of hydrogen-bond donors (Lipinski definition) is 0. The summed E-state index contributed by atoms with van der Waals surface area (Å²) in [6.45, 7) is 2.30. The molecule has 2 rings (SSSR count). The second-order valence-electron chi connectivity index (χ2n) is 3.83. The molecule has 0 saturated carbocycles. The van der Waals surface area contributed by atoms with E-state index in [0.29, 0.717) is 12.0 Å². The van der Waals surface area contributed by atoms with Crippen molar-refractivity contribution in [1.82, 2.24) is 0 Å². The van der Waals surface area contributed by atoms with Crippen LogP contribution in [0.4, 0.5) is 0 Å². The molecule has 1 aliphatic carbocycles. The Morgan fingerprint density at radius 1 is 1.15 bits per heavy atom. The molecule has 2 atom stereocenters. The van der Waals surface area contributed by atoms with Crippen LogP contribution in [0.2, 0.25) is 0 Å². The number of fused-ring (bicyclic) bond motifs is 1. The van der Waals surface area contributed by atoms with Gasteiger partial charge in [0.05, 0.1) is 6.10 Å². The Kier molecular flexibility index (Phi) is 2.36. The number of hydrogen-bond acceptors (Lipinski definition) is 1. The van der Waals surface area contributed by atoms with Gasteiger partial charge in [0.2, 0.25) is 0 Å². The van der Waals surface area contributed by atoms with Crippen LogP contribution in [0, 0.1) is 0 Å². The summed E-state index contributed by atoms with van der Waals surface area (Å²) >= 11 is 0. The van der Waals surface area contributed by atoms with Crippen molar-refractivity contribution in [2.45, 2.75) is 31.8 Å². The smallest absolute Gasteiger partial charge is 0.0824 e. The molecule has 70 valence electrons. The zero-order valence-corrected chi connectivity index (χ0v) is 8.29. The summed E-state index contributed by atoms with van der Waals surface area (Å²) in [5, 5.41) is 0. The standard InChI is InChI=1S/C12H16O/c1-9-7-8-12(13-2)11-6-4-3-5-10(9)11/h3-6,9,12H,7-8H2,1-2H3/t9-,12-/m1/s1. The highest BCUT2D eigenvalue weighted by atomic mass is 16.5. The van der Waals surface area contributed by atoms with E-state index < -0.39 is 0 Å². The van der Waals surface area contributed by atoms with Crippen molar-refractivity contribution in [3.05, 3.63) is 35.4 Å². The van der Waals surface area contributed by atoms with Crippen molar-refractivity contribution >= 4 is 0 Å². The quantitative estimate of drug-likeness (QED) is 0.638. The van der Waals surface area contributed by atoms with Gasteiger partial charge in [-0.15, -0.1) is 0 Å². The summed E-state index contributed by atoms with van der Waals surface area (Å²) in [6.07, 6.45) is 2.73. The summed E-state index contributed by atoms with van der Waals surface area (Å²) in [5.74, 6) is 0.697. The van der Waals surface area contributed by atoms with Crippen LogP contribution in [0.3, 0.4) is 0 Å². The first-order valence-electron chi connectivity index (χ1n) is 4.94. The number of rotatable bonds is 1. The summed E-state index contributed by atoms with van der Waals surface area (Å²) < 4.78 is 5.47. The third-order valence-corrected chi connectivity index (χ3v) is 3.02. The van der Waals surface area contributed by atoms with Crippen molar-refractivity contribution < 1.29 is 4.74 Å². The first-order valence-corrected chi connectivity index (χ1v) is 4.94. The predicted molar refractivity (Wildman–Crippen MR) is 53.8 cm³/mol. The molecule has 0 heterocycles. The maximum Gasteiger partial charge on any atom is 0.0824 e. The van der Waals surface area contributed by atoms with Gasteiger partial charge in [0.1, 0.15) is 0 Å². The molecule has 1 aromatic carbocycles. The molecule has 0 bridgehead atoms. The molecule has 0 radical (unpaired) electrons. The van der Waals surface area contributed by atoms with Crippen molar-refractivity contribution in [3.63, 3.8) is 0 Å². The monoisotopic (exact) mass is 176 g/mol. The zero-order valence-electron chi connectivity index (χ0n) is 8.29. The van der Waals surface area contributed by atoms with E-state index in [1.165, 1.54) is 17.5 Å². The van der Waals surface area contributed by atoms with E-state index in [-0.39, 0.29) is 0 Å². The Balaban J connectivity index is 2.42. The normalized spacial score (nSPS) is 26.9. The fourth-order valence-corrected chi connectivity index (χ4v) is 2.21. The number of ether oxygens (including phenoxy) is 1. The van der Waals surface area contributed by atoms with Crippen LogP contribution in [0.15, 0.2) is 24.3 Å². The van der Waals surface area contributed by atoms with Gasteiger partial charge < -0.3 is 4.74 Å². The lowest BCUT2D eigenvalue weighted by Crippen LogP contribution is -2.13. The minimum Gasteiger partial charge on any atom is -0.377 e. The van der Waals surface area contributed by atoms with Crippen LogP contribution >= 0.6 is 0 Å². The van der Waals surface area contributed by atoms with Gasteiger partial charge in [0, 0.05) is 7.11 Å². The second-order valence-corrected chi connectivity index (χ2v) is 3.83. The fourth-order valence-electron chi connectivity index (χ4n) is 2.21. The van der Waals surface area contributed by atoms with E-state index in [0.717, 1.165) is 6.42 Å². The average molecular weight is 176 g/mol. The van der Waals surface area contributed by atoms with Crippen LogP contribution in [0.1, 0.15) is 42.9 Å². The van der Waals surface area contributed by atoms with Gasteiger partial charge in [0.15, 0.2) is 0 Å². The summed E-state index contributed by atoms with van der Waals surface area (Å²) in [6, 6.07) is 8.64. The van der Waals surface area contributed by atoms with Crippen molar-refractivity contribution in [2.24, 2.45) is 0 Å². The zero-order chi connectivity index (χ0) is 9.26. The molecule has 0 aromatic heterocycles. The molecule has 1 nitrogen and oxygen atoms in total. The van der Waals surface area contributed by atoms with E-state index in [2.05, 4.69) is 31.2 Å². The molecule has 1 aromatic rings. The average Bonchev–Trinajstić information content (AvgIpc) is 2.19. The summed E-state index contributed by atoms with van der Waals surface area (Å²) in [4.78, 5) is 0. The van der Waals surface area contributed by atoms with Crippen molar-refractivity contribution in [1.29, 1.82) is 0 Å². The Bertz CT molecular complexity index is 293. The lowest BCUT2D eigenvalue weighted by atomic mass is 9.82. The van der Waals surface area contributed by atoms with Gasteiger partial charge in [-0.25, -0.2) is 0 Å². The topological polar surface area (TPSA) is 9.23 Å². The highest BCUT2D eigenvalue weighted by Crippen LogP contribution is 2.38. The Hall–Kier alpha value is -0.820. The minimum absolute atomic E-state index is 0.326. The van der Waals surface area contributed by atoms with Crippen LogP contribution in [-0.2, 0) is 4.74 Å². The van der Waals surface area contributed by atoms with E-state index in [1.807, 2.05) is 0 Å². The molecule has 0 aliphatic heterocycles. The molecular weight excluding hydrogens is 160 g/mol.